The van der Waals surface area contributed by atoms with Gasteiger partial charge in [0, 0.05) is 0 Å². The third-order valence-corrected chi connectivity index (χ3v) is 2.02. The lowest BCUT2D eigenvalue weighted by Gasteiger charge is -2.07. The Balaban J connectivity index is 3.13. The fraction of sp³-hybridized carbons (Fsp3) is 0.333. The second-order valence-electron chi connectivity index (χ2n) is 2.38. The van der Waals surface area contributed by atoms with Gasteiger partial charge in [0.1, 0.15) is 11.6 Å². The maximum atomic E-state index is 11.9. The van der Waals surface area contributed by atoms with E-state index < -0.39 is 23.3 Å². The van der Waals surface area contributed by atoms with E-state index in [1.54, 1.807) is 0 Å². The zero-order valence-corrected chi connectivity index (χ0v) is 7.99. The predicted octanol–water partition coefficient (Wildman–Crippen LogP) is 2.11. The molecule has 0 fully saturated rings. The fourth-order valence-electron chi connectivity index (χ4n) is 0.727. The van der Waals surface area contributed by atoms with Crippen LogP contribution in [0.15, 0.2) is 11.0 Å². The summed E-state index contributed by atoms with van der Waals surface area (Å²) in [6.07, 6.45) is -3.63. The summed E-state index contributed by atoms with van der Waals surface area (Å²) < 4.78 is 35.8. The van der Waals surface area contributed by atoms with Crippen molar-refractivity contribution in [2.45, 2.75) is 12.7 Å². The van der Waals surface area contributed by atoms with E-state index in [0.717, 1.165) is 6.20 Å². The van der Waals surface area contributed by atoms with Crippen molar-refractivity contribution >= 4 is 23.2 Å². The van der Waals surface area contributed by atoms with Crippen molar-refractivity contribution in [1.29, 1.82) is 0 Å². The van der Waals surface area contributed by atoms with Crippen LogP contribution in [0.5, 0.6) is 0 Å². The lowest BCUT2D eigenvalue weighted by molar-refractivity contribution is -0.143. The van der Waals surface area contributed by atoms with Gasteiger partial charge in [-0.3, -0.25) is 4.79 Å². The molecule has 1 aromatic rings. The minimum absolute atomic E-state index is 0.171. The van der Waals surface area contributed by atoms with Gasteiger partial charge in [0.05, 0.1) is 11.2 Å². The smallest absolute Gasteiger partial charge is 0.266 e. The van der Waals surface area contributed by atoms with Gasteiger partial charge in [0.25, 0.3) is 5.56 Å². The Labute approximate surface area is 86.0 Å². The largest absolute Gasteiger partial charge is 0.408 e. The molecule has 0 aliphatic heterocycles. The van der Waals surface area contributed by atoms with Crippen molar-refractivity contribution in [2.24, 2.45) is 0 Å². The van der Waals surface area contributed by atoms with Gasteiger partial charge in [-0.05, 0) is 0 Å². The van der Waals surface area contributed by atoms with E-state index in [9.17, 15) is 18.0 Å². The molecule has 0 saturated carbocycles. The van der Waals surface area contributed by atoms with E-state index in [4.69, 9.17) is 23.2 Å². The van der Waals surface area contributed by atoms with Crippen molar-refractivity contribution in [2.75, 3.05) is 0 Å². The van der Waals surface area contributed by atoms with E-state index in [-0.39, 0.29) is 9.70 Å². The van der Waals surface area contributed by atoms with Gasteiger partial charge >= 0.3 is 6.18 Å². The highest BCUT2D eigenvalue weighted by atomic mass is 35.5. The molecule has 0 spiro atoms. The van der Waals surface area contributed by atoms with E-state index in [1.165, 1.54) is 0 Å². The second kappa shape index (κ2) is 3.78. The minimum Gasteiger partial charge on any atom is -0.266 e. The normalized spacial score (nSPS) is 11.8. The molecule has 0 aliphatic rings. The molecule has 8 heteroatoms. The Morgan fingerprint density at radius 1 is 1.43 bits per heavy atom. The quantitative estimate of drug-likeness (QED) is 0.761. The summed E-state index contributed by atoms with van der Waals surface area (Å²) in [5, 5.41) is 2.55. The van der Waals surface area contributed by atoms with Crippen molar-refractivity contribution in [3.8, 4) is 0 Å². The molecule has 0 radical (unpaired) electrons. The maximum absolute atomic E-state index is 11.9. The van der Waals surface area contributed by atoms with Gasteiger partial charge in [0.15, 0.2) is 0 Å². The van der Waals surface area contributed by atoms with Crippen molar-refractivity contribution < 1.29 is 13.2 Å². The third kappa shape index (κ3) is 2.62. The van der Waals surface area contributed by atoms with Gasteiger partial charge in [-0.1, -0.05) is 23.2 Å². The summed E-state index contributed by atoms with van der Waals surface area (Å²) >= 11 is 10.7. The van der Waals surface area contributed by atoms with Crippen LogP contribution in [0.1, 0.15) is 0 Å². The molecule has 0 aliphatic carbocycles. The first kappa shape index (κ1) is 11.3. The molecule has 78 valence electrons. The molecular formula is C6H3Cl2F3N2O. The summed E-state index contributed by atoms with van der Waals surface area (Å²) in [6, 6.07) is 0. The summed E-state index contributed by atoms with van der Waals surface area (Å²) in [4.78, 5) is 11.1. The topological polar surface area (TPSA) is 34.9 Å². The predicted molar refractivity (Wildman–Crippen MR) is 44.6 cm³/mol. The molecule has 14 heavy (non-hydrogen) atoms. The zero-order valence-electron chi connectivity index (χ0n) is 6.48. The van der Waals surface area contributed by atoms with E-state index in [1.807, 2.05) is 0 Å². The molecule has 1 heterocycles. The summed E-state index contributed by atoms with van der Waals surface area (Å²) in [5.41, 5.74) is -1.06. The Morgan fingerprint density at radius 2 is 2.00 bits per heavy atom. The van der Waals surface area contributed by atoms with Gasteiger partial charge in [-0.2, -0.15) is 18.3 Å². The number of aromatic nitrogens is 2. The van der Waals surface area contributed by atoms with Gasteiger partial charge < -0.3 is 0 Å². The van der Waals surface area contributed by atoms with Crippen LogP contribution in [0.4, 0.5) is 13.2 Å². The average molecular weight is 247 g/mol. The molecule has 1 aromatic heterocycles. The highest BCUT2D eigenvalue weighted by molar-refractivity contribution is 6.41. The van der Waals surface area contributed by atoms with Gasteiger partial charge in [-0.15, -0.1) is 0 Å². The lowest BCUT2D eigenvalue weighted by Crippen LogP contribution is -2.30. The Bertz CT molecular complexity index is 401. The third-order valence-electron chi connectivity index (χ3n) is 1.27. The first-order valence-corrected chi connectivity index (χ1v) is 4.05. The van der Waals surface area contributed by atoms with Crippen LogP contribution in [-0.4, -0.2) is 16.0 Å². The van der Waals surface area contributed by atoms with E-state index in [2.05, 4.69) is 5.10 Å². The zero-order chi connectivity index (χ0) is 10.9. The van der Waals surface area contributed by atoms with Crippen LogP contribution in [0.3, 0.4) is 0 Å². The first-order valence-electron chi connectivity index (χ1n) is 3.29. The highest BCUT2D eigenvalue weighted by Crippen LogP contribution is 2.18. The molecule has 0 bridgehead atoms. The van der Waals surface area contributed by atoms with Crippen LogP contribution < -0.4 is 5.56 Å². The molecule has 1 rings (SSSR count). The van der Waals surface area contributed by atoms with E-state index >= 15 is 0 Å². The van der Waals surface area contributed by atoms with Crippen LogP contribution in [0.25, 0.3) is 0 Å². The van der Waals surface area contributed by atoms with Crippen LogP contribution in [0.2, 0.25) is 10.0 Å². The average Bonchev–Trinajstić information content (AvgIpc) is 2.04. The minimum atomic E-state index is -4.52. The number of hydrogen-bond donors (Lipinski definition) is 0. The number of rotatable bonds is 1. The Kier molecular flexibility index (Phi) is 3.06. The molecule has 3 nitrogen and oxygen atoms in total. The maximum Gasteiger partial charge on any atom is 0.408 e. The molecule has 0 amide bonds. The van der Waals surface area contributed by atoms with Crippen LogP contribution >= 0.6 is 23.2 Å². The molecule has 0 atom stereocenters. The SMILES string of the molecule is O=c1c(Cl)c(Cl)cnn1CC(F)(F)F. The summed E-state index contributed by atoms with van der Waals surface area (Å²) in [6.45, 7) is -1.48. The molecule has 0 saturated heterocycles. The molecule has 0 aromatic carbocycles. The van der Waals surface area contributed by atoms with Gasteiger partial charge in [-0.25, -0.2) is 4.68 Å². The number of nitrogens with zero attached hydrogens (tertiary/aromatic N) is 2. The van der Waals surface area contributed by atoms with Crippen molar-refractivity contribution in [3.63, 3.8) is 0 Å². The first-order chi connectivity index (χ1) is 6.31. The standard InChI is InChI=1S/C6H3Cl2F3N2O/c7-3-1-12-13(2-6(9,10)11)5(14)4(3)8/h1H,2H2. The van der Waals surface area contributed by atoms with Crippen molar-refractivity contribution in [3.05, 3.63) is 26.6 Å². The lowest BCUT2D eigenvalue weighted by atomic mass is 10.5. The van der Waals surface area contributed by atoms with Gasteiger partial charge in [0.2, 0.25) is 0 Å². The second-order valence-corrected chi connectivity index (χ2v) is 3.17. The fourth-order valence-corrected chi connectivity index (χ4v) is 0.998. The molecule has 0 unspecified atom stereocenters. The molecule has 0 N–H and O–H groups in total. The molecular weight excluding hydrogens is 244 g/mol. The van der Waals surface area contributed by atoms with Crippen LogP contribution in [0, 0.1) is 0 Å². The number of halogens is 5. The number of hydrogen-bond acceptors (Lipinski definition) is 2. The van der Waals surface area contributed by atoms with Crippen LogP contribution in [-0.2, 0) is 6.54 Å². The summed E-state index contributed by atoms with van der Waals surface area (Å²) in [7, 11) is 0. The monoisotopic (exact) mass is 246 g/mol. The Hall–Kier alpha value is -0.750. The number of alkyl halides is 3. The highest BCUT2D eigenvalue weighted by Gasteiger charge is 2.29. The van der Waals surface area contributed by atoms with Crippen molar-refractivity contribution in [1.82, 2.24) is 9.78 Å². The Morgan fingerprint density at radius 3 is 2.50 bits per heavy atom. The summed E-state index contributed by atoms with van der Waals surface area (Å²) in [5.74, 6) is 0. The van der Waals surface area contributed by atoms with E-state index in [0.29, 0.717) is 0 Å².